The number of nitriles is 1. The molecule has 4 aromatic rings. The number of aromatic nitrogens is 3. The van der Waals surface area contributed by atoms with E-state index in [4.69, 9.17) is 10.00 Å². The van der Waals surface area contributed by atoms with Gasteiger partial charge in [0.1, 0.15) is 17.2 Å². The number of ether oxygens (including phenoxy) is 1. The van der Waals surface area contributed by atoms with E-state index in [1.807, 2.05) is 48.5 Å². The van der Waals surface area contributed by atoms with Crippen LogP contribution >= 0.6 is 11.3 Å². The summed E-state index contributed by atoms with van der Waals surface area (Å²) in [5.74, 6) is 0.948. The SMILES string of the molecule is Cc1nc(-c2ncccn2)sc1C(=O)Nc1ccccc1COc1ccc(CC#N)cc1. The summed E-state index contributed by atoms with van der Waals surface area (Å²) in [5.41, 5.74) is 3.08. The van der Waals surface area contributed by atoms with Gasteiger partial charge in [0.2, 0.25) is 0 Å². The molecule has 2 heterocycles. The molecule has 0 saturated carbocycles. The molecule has 1 amide bonds. The number of anilines is 1. The Balaban J connectivity index is 1.47. The Kier molecular flexibility index (Phi) is 6.49. The van der Waals surface area contributed by atoms with E-state index in [1.54, 1.807) is 25.4 Å². The molecule has 32 heavy (non-hydrogen) atoms. The number of nitrogens with zero attached hydrogens (tertiary/aromatic N) is 4. The van der Waals surface area contributed by atoms with E-state index in [1.165, 1.54) is 11.3 Å². The fraction of sp³-hybridized carbons (Fsp3) is 0.125. The number of hydrogen-bond acceptors (Lipinski definition) is 7. The molecule has 0 aliphatic carbocycles. The summed E-state index contributed by atoms with van der Waals surface area (Å²) in [6, 6.07) is 18.8. The van der Waals surface area contributed by atoms with Crippen LogP contribution in [0.15, 0.2) is 67.0 Å². The first kappa shape index (κ1) is 21.2. The summed E-state index contributed by atoms with van der Waals surface area (Å²) in [5, 5.41) is 12.3. The fourth-order valence-corrected chi connectivity index (χ4v) is 3.93. The van der Waals surface area contributed by atoms with Crippen molar-refractivity contribution in [3.63, 3.8) is 0 Å². The van der Waals surface area contributed by atoms with Gasteiger partial charge >= 0.3 is 0 Å². The van der Waals surface area contributed by atoms with E-state index in [0.29, 0.717) is 45.9 Å². The Hall–Kier alpha value is -4.09. The molecule has 0 saturated heterocycles. The first-order chi connectivity index (χ1) is 15.6. The second-order valence-corrected chi connectivity index (χ2v) is 7.88. The Morgan fingerprint density at radius 2 is 1.84 bits per heavy atom. The number of carbonyl (C=O) groups excluding carboxylic acids is 1. The number of nitrogens with one attached hydrogen (secondary N) is 1. The monoisotopic (exact) mass is 441 g/mol. The van der Waals surface area contributed by atoms with Gasteiger partial charge in [-0.15, -0.1) is 11.3 Å². The molecule has 1 N–H and O–H groups in total. The van der Waals surface area contributed by atoms with Crippen LogP contribution in [-0.2, 0) is 13.0 Å². The van der Waals surface area contributed by atoms with Crippen LogP contribution in [0.5, 0.6) is 5.75 Å². The second-order valence-electron chi connectivity index (χ2n) is 6.88. The minimum atomic E-state index is -0.240. The predicted octanol–water partition coefficient (Wildman–Crippen LogP) is 4.81. The molecular formula is C24H19N5O2S. The van der Waals surface area contributed by atoms with Gasteiger partial charge in [-0.1, -0.05) is 30.3 Å². The molecule has 2 aromatic carbocycles. The van der Waals surface area contributed by atoms with Gasteiger partial charge in [-0.2, -0.15) is 5.26 Å². The number of rotatable bonds is 7. The molecule has 8 heteroatoms. The minimum absolute atomic E-state index is 0.240. The summed E-state index contributed by atoms with van der Waals surface area (Å²) < 4.78 is 5.88. The molecule has 0 aliphatic rings. The van der Waals surface area contributed by atoms with Crippen molar-refractivity contribution in [3.8, 4) is 22.7 Å². The molecule has 0 bridgehead atoms. The smallest absolute Gasteiger partial charge is 0.267 e. The fourth-order valence-electron chi connectivity index (χ4n) is 3.02. The first-order valence-corrected chi connectivity index (χ1v) is 10.7. The first-order valence-electron chi connectivity index (χ1n) is 9.87. The molecule has 158 valence electrons. The van der Waals surface area contributed by atoms with Crippen molar-refractivity contribution in [1.29, 1.82) is 5.26 Å². The lowest BCUT2D eigenvalue weighted by molar-refractivity contribution is 0.102. The molecule has 0 atom stereocenters. The molecule has 0 unspecified atom stereocenters. The minimum Gasteiger partial charge on any atom is -0.489 e. The third-order valence-electron chi connectivity index (χ3n) is 4.63. The molecule has 0 fully saturated rings. The molecule has 0 spiro atoms. The maximum Gasteiger partial charge on any atom is 0.267 e. The number of aryl methyl sites for hydroxylation is 1. The van der Waals surface area contributed by atoms with Crippen molar-refractivity contribution in [2.75, 3.05) is 5.32 Å². The quantitative estimate of drug-likeness (QED) is 0.442. The highest BCUT2D eigenvalue weighted by Gasteiger charge is 2.18. The maximum absolute atomic E-state index is 13.0. The number of hydrogen-bond donors (Lipinski definition) is 1. The molecule has 2 aromatic heterocycles. The van der Waals surface area contributed by atoms with E-state index in [-0.39, 0.29) is 5.91 Å². The van der Waals surface area contributed by atoms with E-state index in [0.717, 1.165) is 11.1 Å². The van der Waals surface area contributed by atoms with Crippen LogP contribution in [0, 0.1) is 18.3 Å². The Labute approximate surface area is 189 Å². The van der Waals surface area contributed by atoms with Gasteiger partial charge in [-0.3, -0.25) is 4.79 Å². The summed E-state index contributed by atoms with van der Waals surface area (Å²) in [4.78, 5) is 26.3. The molecule has 0 aliphatic heterocycles. The van der Waals surface area contributed by atoms with E-state index in [9.17, 15) is 4.79 Å². The van der Waals surface area contributed by atoms with Gasteiger partial charge in [0.05, 0.1) is 18.2 Å². The Morgan fingerprint density at radius 3 is 2.59 bits per heavy atom. The second kappa shape index (κ2) is 9.81. The lowest BCUT2D eigenvalue weighted by atomic mass is 10.1. The summed E-state index contributed by atoms with van der Waals surface area (Å²) >= 11 is 1.26. The van der Waals surface area contributed by atoms with Crippen molar-refractivity contribution in [1.82, 2.24) is 15.0 Å². The van der Waals surface area contributed by atoms with E-state index in [2.05, 4.69) is 26.3 Å². The van der Waals surface area contributed by atoms with Crippen molar-refractivity contribution >= 4 is 22.9 Å². The van der Waals surface area contributed by atoms with E-state index < -0.39 is 0 Å². The highest BCUT2D eigenvalue weighted by molar-refractivity contribution is 7.17. The van der Waals surface area contributed by atoms with Crippen LogP contribution in [0.3, 0.4) is 0 Å². The van der Waals surface area contributed by atoms with E-state index >= 15 is 0 Å². The number of carbonyl (C=O) groups is 1. The lowest BCUT2D eigenvalue weighted by Gasteiger charge is -2.12. The van der Waals surface area contributed by atoms with Gasteiger partial charge in [-0.05, 0) is 36.8 Å². The van der Waals surface area contributed by atoms with Crippen molar-refractivity contribution in [2.24, 2.45) is 0 Å². The highest BCUT2D eigenvalue weighted by Crippen LogP contribution is 2.27. The third-order valence-corrected chi connectivity index (χ3v) is 5.78. The molecule has 0 radical (unpaired) electrons. The van der Waals surface area contributed by atoms with Crippen molar-refractivity contribution < 1.29 is 9.53 Å². The lowest BCUT2D eigenvalue weighted by Crippen LogP contribution is -2.13. The van der Waals surface area contributed by atoms with Gasteiger partial charge in [0.25, 0.3) is 5.91 Å². The number of thiazole rings is 1. The van der Waals surface area contributed by atoms with Crippen LogP contribution in [0.4, 0.5) is 5.69 Å². The van der Waals surface area contributed by atoms with Crippen molar-refractivity contribution in [2.45, 2.75) is 20.0 Å². The zero-order chi connectivity index (χ0) is 22.3. The van der Waals surface area contributed by atoms with Crippen LogP contribution < -0.4 is 10.1 Å². The van der Waals surface area contributed by atoms with Crippen LogP contribution in [0.25, 0.3) is 10.8 Å². The Morgan fingerprint density at radius 1 is 1.09 bits per heavy atom. The summed E-state index contributed by atoms with van der Waals surface area (Å²) in [6.45, 7) is 2.08. The van der Waals surface area contributed by atoms with Crippen LogP contribution in [-0.4, -0.2) is 20.9 Å². The average Bonchev–Trinajstić information content (AvgIpc) is 3.22. The summed E-state index contributed by atoms with van der Waals surface area (Å²) in [7, 11) is 0. The standard InChI is InChI=1S/C24H19N5O2S/c1-16-21(32-24(28-16)22-26-13-4-14-27-22)23(30)29-20-6-3-2-5-18(20)15-31-19-9-7-17(8-10-19)11-12-25/h2-10,13-14H,11,15H2,1H3,(H,29,30). The third kappa shape index (κ3) is 4.96. The average molecular weight is 442 g/mol. The van der Waals surface area contributed by atoms with Gasteiger partial charge in [0.15, 0.2) is 10.8 Å². The van der Waals surface area contributed by atoms with Crippen LogP contribution in [0.1, 0.15) is 26.5 Å². The maximum atomic E-state index is 13.0. The van der Waals surface area contributed by atoms with Gasteiger partial charge < -0.3 is 10.1 Å². The molecule has 4 rings (SSSR count). The molecule has 7 nitrogen and oxygen atoms in total. The Bertz CT molecular complexity index is 1260. The number of amides is 1. The topological polar surface area (TPSA) is 101 Å². The van der Waals surface area contributed by atoms with Crippen LogP contribution in [0.2, 0.25) is 0 Å². The number of benzene rings is 2. The van der Waals surface area contributed by atoms with Crippen molar-refractivity contribution in [3.05, 3.63) is 88.7 Å². The highest BCUT2D eigenvalue weighted by atomic mass is 32.1. The largest absolute Gasteiger partial charge is 0.489 e. The predicted molar refractivity (Wildman–Crippen MR) is 122 cm³/mol. The number of para-hydroxylation sites is 1. The normalized spacial score (nSPS) is 10.4. The zero-order valence-electron chi connectivity index (χ0n) is 17.3. The zero-order valence-corrected chi connectivity index (χ0v) is 18.1. The van der Waals surface area contributed by atoms with Gasteiger partial charge in [0, 0.05) is 23.6 Å². The molecular weight excluding hydrogens is 422 g/mol. The summed E-state index contributed by atoms with van der Waals surface area (Å²) in [6.07, 6.45) is 3.66. The van der Waals surface area contributed by atoms with Gasteiger partial charge in [-0.25, -0.2) is 15.0 Å².